The van der Waals surface area contributed by atoms with Crippen LogP contribution < -0.4 is 5.30 Å². The minimum absolute atomic E-state index is 0.959. The molecule has 80 valence electrons. The van der Waals surface area contributed by atoms with E-state index in [0.717, 1.165) is 0 Å². The van der Waals surface area contributed by atoms with Crippen LogP contribution in [-0.4, -0.2) is 13.3 Å². The van der Waals surface area contributed by atoms with E-state index in [1.54, 1.807) is 5.30 Å². The Morgan fingerprint density at radius 3 is 2.25 bits per heavy atom. The lowest BCUT2D eigenvalue weighted by molar-refractivity contribution is 1.36. The first-order valence-electron chi connectivity index (χ1n) is 5.69. The molecule has 0 spiro atoms. The Morgan fingerprint density at radius 1 is 0.812 bits per heavy atom. The molecule has 0 nitrogen and oxygen atoms in total. The van der Waals surface area contributed by atoms with Gasteiger partial charge < -0.3 is 0 Å². The van der Waals surface area contributed by atoms with Crippen LogP contribution in [0, 0.1) is 0 Å². The minimum Gasteiger partial charge on any atom is -0.0618 e. The van der Waals surface area contributed by atoms with Crippen LogP contribution in [0.5, 0.6) is 0 Å². The van der Waals surface area contributed by atoms with Crippen LogP contribution in [0.15, 0.2) is 48.5 Å². The molecular formula is C15H16P+. The van der Waals surface area contributed by atoms with Crippen LogP contribution in [-0.2, 0) is 6.16 Å². The van der Waals surface area contributed by atoms with E-state index in [1.807, 2.05) is 0 Å². The number of rotatable bonds is 0. The van der Waals surface area contributed by atoms with E-state index < -0.39 is 7.26 Å². The molecule has 0 aromatic heterocycles. The topological polar surface area (TPSA) is 0 Å². The zero-order valence-electron chi connectivity index (χ0n) is 9.77. The van der Waals surface area contributed by atoms with Crippen molar-refractivity contribution in [2.45, 2.75) is 6.16 Å². The number of fused-ring (bicyclic) bond motifs is 3. The zero-order valence-corrected chi connectivity index (χ0v) is 10.7. The molecule has 3 rings (SSSR count). The summed E-state index contributed by atoms with van der Waals surface area (Å²) in [5.74, 6) is 0. The predicted molar refractivity (Wildman–Crippen MR) is 74.0 cm³/mol. The fraction of sp³-hybridized carbons (Fsp3) is 0.200. The molecule has 0 unspecified atom stereocenters. The summed E-state index contributed by atoms with van der Waals surface area (Å²) in [6.45, 7) is 4.89. The molecule has 0 N–H and O–H groups in total. The highest BCUT2D eigenvalue weighted by atomic mass is 31.2. The summed E-state index contributed by atoms with van der Waals surface area (Å²) in [5.41, 5.74) is 4.43. The van der Waals surface area contributed by atoms with Gasteiger partial charge in [0, 0.05) is 12.8 Å². The second kappa shape index (κ2) is 3.43. The molecule has 0 saturated heterocycles. The van der Waals surface area contributed by atoms with Gasteiger partial charge in [0.1, 0.15) is 5.30 Å². The lowest BCUT2D eigenvalue weighted by atomic mass is 10.0. The molecule has 16 heavy (non-hydrogen) atoms. The van der Waals surface area contributed by atoms with Crippen LogP contribution in [0.3, 0.4) is 0 Å². The molecule has 1 aliphatic rings. The van der Waals surface area contributed by atoms with Gasteiger partial charge in [0.15, 0.2) is 0 Å². The molecule has 0 aliphatic carbocycles. The average Bonchev–Trinajstić information content (AvgIpc) is 2.29. The summed E-state index contributed by atoms with van der Waals surface area (Å²) in [4.78, 5) is 0. The third-order valence-corrected chi connectivity index (χ3v) is 6.25. The summed E-state index contributed by atoms with van der Waals surface area (Å²) in [7, 11) is -0.959. The Bertz CT molecular complexity index is 541. The largest absolute Gasteiger partial charge is 0.101 e. The quantitative estimate of drug-likeness (QED) is 0.601. The van der Waals surface area contributed by atoms with Crippen LogP contribution in [0.2, 0.25) is 0 Å². The highest BCUT2D eigenvalue weighted by molar-refractivity contribution is 7.81. The second-order valence-corrected chi connectivity index (χ2v) is 9.19. The Kier molecular flexibility index (Phi) is 2.16. The van der Waals surface area contributed by atoms with Gasteiger partial charge in [-0.1, -0.05) is 42.5 Å². The molecule has 2 aromatic carbocycles. The maximum atomic E-state index is 2.45. The minimum atomic E-state index is -0.959. The Morgan fingerprint density at radius 2 is 1.44 bits per heavy atom. The van der Waals surface area contributed by atoms with E-state index in [2.05, 4.69) is 61.9 Å². The van der Waals surface area contributed by atoms with E-state index >= 15 is 0 Å². The lowest BCUT2D eigenvalue weighted by Crippen LogP contribution is -2.19. The fourth-order valence-corrected chi connectivity index (χ4v) is 5.30. The second-order valence-electron chi connectivity index (χ2n) is 5.02. The Labute approximate surface area is 97.7 Å². The van der Waals surface area contributed by atoms with Crippen molar-refractivity contribution in [1.29, 1.82) is 0 Å². The molecule has 1 heteroatoms. The summed E-state index contributed by atoms with van der Waals surface area (Å²) < 4.78 is 0. The van der Waals surface area contributed by atoms with Crippen molar-refractivity contribution >= 4 is 12.6 Å². The molecular weight excluding hydrogens is 211 g/mol. The Hall–Kier alpha value is -1.13. The van der Waals surface area contributed by atoms with E-state index in [9.17, 15) is 0 Å². The normalized spacial score (nSPS) is 16.4. The smallest absolute Gasteiger partial charge is 0.0618 e. The fourth-order valence-electron chi connectivity index (χ4n) is 2.66. The van der Waals surface area contributed by atoms with Crippen molar-refractivity contribution in [1.82, 2.24) is 0 Å². The summed E-state index contributed by atoms with van der Waals surface area (Å²) >= 11 is 0. The van der Waals surface area contributed by atoms with Gasteiger partial charge in [0.25, 0.3) is 0 Å². The van der Waals surface area contributed by atoms with Gasteiger partial charge >= 0.3 is 0 Å². The molecule has 1 aliphatic heterocycles. The predicted octanol–water partition coefficient (Wildman–Crippen LogP) is 3.77. The van der Waals surface area contributed by atoms with Crippen LogP contribution in [0.1, 0.15) is 5.56 Å². The molecule has 0 radical (unpaired) electrons. The first kappa shape index (κ1) is 10.1. The number of benzene rings is 2. The standard InChI is InChI=1S/C15H16P/c1-16(2)11-12-7-3-4-8-13(12)14-9-5-6-10-15(14)16/h3-10H,11H2,1-2H3/q+1. The summed E-state index contributed by atoms with van der Waals surface area (Å²) in [6.07, 6.45) is 1.25. The van der Waals surface area contributed by atoms with Crippen molar-refractivity contribution in [3.63, 3.8) is 0 Å². The van der Waals surface area contributed by atoms with Gasteiger partial charge in [0.05, 0.1) is 19.5 Å². The van der Waals surface area contributed by atoms with Gasteiger partial charge in [0.2, 0.25) is 0 Å². The molecule has 2 aromatic rings. The lowest BCUT2D eigenvalue weighted by Gasteiger charge is -2.27. The molecule has 0 amide bonds. The highest BCUT2D eigenvalue weighted by Crippen LogP contribution is 2.58. The zero-order chi connectivity index (χ0) is 11.2. The van der Waals surface area contributed by atoms with E-state index in [0.29, 0.717) is 0 Å². The van der Waals surface area contributed by atoms with Crippen molar-refractivity contribution in [3.05, 3.63) is 54.1 Å². The van der Waals surface area contributed by atoms with Gasteiger partial charge in [-0.2, -0.15) is 0 Å². The first-order chi connectivity index (χ1) is 7.68. The van der Waals surface area contributed by atoms with Gasteiger partial charge in [-0.15, -0.1) is 0 Å². The molecule has 0 bridgehead atoms. The van der Waals surface area contributed by atoms with Gasteiger partial charge in [-0.25, -0.2) is 0 Å². The van der Waals surface area contributed by atoms with E-state index in [1.165, 1.54) is 22.9 Å². The molecule has 0 atom stereocenters. The maximum Gasteiger partial charge on any atom is 0.101 e. The average molecular weight is 227 g/mol. The van der Waals surface area contributed by atoms with Crippen molar-refractivity contribution in [2.24, 2.45) is 0 Å². The van der Waals surface area contributed by atoms with Crippen LogP contribution >= 0.6 is 7.26 Å². The summed E-state index contributed by atoms with van der Waals surface area (Å²) in [6, 6.07) is 17.8. The van der Waals surface area contributed by atoms with E-state index in [-0.39, 0.29) is 0 Å². The van der Waals surface area contributed by atoms with E-state index in [4.69, 9.17) is 0 Å². The van der Waals surface area contributed by atoms with Crippen molar-refractivity contribution in [3.8, 4) is 11.1 Å². The first-order valence-corrected chi connectivity index (χ1v) is 8.56. The van der Waals surface area contributed by atoms with Crippen LogP contribution in [0.4, 0.5) is 0 Å². The van der Waals surface area contributed by atoms with Crippen molar-refractivity contribution in [2.75, 3.05) is 13.3 Å². The molecule has 0 saturated carbocycles. The summed E-state index contributed by atoms with van der Waals surface area (Å²) in [5, 5.41) is 1.59. The SMILES string of the molecule is C[P+]1(C)Cc2ccccc2-c2ccccc21. The third-order valence-electron chi connectivity index (χ3n) is 3.43. The number of hydrogen-bond donors (Lipinski definition) is 0. The molecule has 1 heterocycles. The third kappa shape index (κ3) is 1.41. The highest BCUT2D eigenvalue weighted by Gasteiger charge is 2.36. The Balaban J connectivity index is 2.33. The monoisotopic (exact) mass is 227 g/mol. The maximum absolute atomic E-state index is 2.45. The number of hydrogen-bond acceptors (Lipinski definition) is 0. The van der Waals surface area contributed by atoms with Crippen molar-refractivity contribution < 1.29 is 0 Å². The van der Waals surface area contributed by atoms with Crippen LogP contribution in [0.25, 0.3) is 11.1 Å². The van der Waals surface area contributed by atoms with Gasteiger partial charge in [-0.05, 0) is 17.2 Å². The van der Waals surface area contributed by atoms with Gasteiger partial charge in [-0.3, -0.25) is 0 Å². The molecule has 0 fully saturated rings.